The van der Waals surface area contributed by atoms with Crippen LogP contribution < -0.4 is 5.46 Å². The Balaban J connectivity index is 0. The molecule has 0 atom stereocenters. The van der Waals surface area contributed by atoms with Crippen LogP contribution in [0.2, 0.25) is 0 Å². The van der Waals surface area contributed by atoms with Crippen molar-refractivity contribution in [2.75, 3.05) is 0 Å². The maximum atomic E-state index is 10.1. The molecule has 0 amide bonds. The topological polar surface area (TPSA) is 34.1 Å². The van der Waals surface area contributed by atoms with E-state index in [4.69, 9.17) is 25.3 Å². The smallest absolute Gasteiger partial charge is 0.150 e. The van der Waals surface area contributed by atoms with Crippen LogP contribution in [-0.2, 0) is 50.7 Å². The summed E-state index contributed by atoms with van der Waals surface area (Å²) < 4.78 is 0. The Morgan fingerprint density at radius 3 is 1.83 bits per heavy atom. The summed E-state index contributed by atoms with van der Waals surface area (Å²) in [5.41, 5.74) is 12.3. The fraction of sp³-hybridized carbons (Fsp3) is 0.220. The zero-order valence-corrected chi connectivity index (χ0v) is 31.3. The van der Waals surface area contributed by atoms with E-state index in [-0.39, 0.29) is 21.1 Å². The molecule has 5 heteroatoms. The van der Waals surface area contributed by atoms with Crippen molar-refractivity contribution in [2.24, 2.45) is 0 Å². The molecule has 0 bridgehead atoms. The van der Waals surface area contributed by atoms with Crippen molar-refractivity contribution in [2.45, 2.75) is 60.1 Å². The van der Waals surface area contributed by atoms with Gasteiger partial charge in [-0.3, -0.25) is 4.79 Å². The van der Waals surface area contributed by atoms with Gasteiger partial charge in [-0.15, -0.1) is 6.58 Å². The molecule has 4 aromatic rings. The van der Waals surface area contributed by atoms with Crippen LogP contribution in [0.1, 0.15) is 77.9 Å². The number of rotatable bonds is 8. The molecule has 2 radical (unpaired) electrons. The van der Waals surface area contributed by atoms with Crippen molar-refractivity contribution >= 4 is 51.2 Å². The van der Waals surface area contributed by atoms with Gasteiger partial charge in [-0.05, 0) is 67.0 Å². The summed E-state index contributed by atoms with van der Waals surface area (Å²) >= 11 is 5.16. The number of aryl methyl sites for hydroxylation is 3. The minimum Gasteiger partial charge on any atom is -0.788 e. The monoisotopic (exact) mass is 810 g/mol. The number of carbonyl (C=O) groups excluding carboxylic acids is 2. The van der Waals surface area contributed by atoms with Crippen molar-refractivity contribution in [3.05, 3.63) is 149 Å². The Morgan fingerprint density at radius 1 is 0.826 bits per heavy atom. The SMILES string of the molecule is C=CCC(=C)C.C=O.CC.Cc1ccc(C=O)cc1.[B]c1cc(CC)ccc1/C=C/c1ccc(-c2ccc(C[S-])c(C)c2)cc1.[Pt]. The van der Waals surface area contributed by atoms with E-state index >= 15 is 0 Å². The van der Waals surface area contributed by atoms with Crippen molar-refractivity contribution < 1.29 is 30.7 Å². The van der Waals surface area contributed by atoms with Gasteiger partial charge in [-0.2, -0.15) is 5.75 Å². The molecule has 0 saturated carbocycles. The number of benzene rings is 4. The van der Waals surface area contributed by atoms with Crippen molar-refractivity contribution in [1.29, 1.82) is 0 Å². The quantitative estimate of drug-likeness (QED) is 0.0585. The van der Waals surface area contributed by atoms with Gasteiger partial charge in [-0.1, -0.05) is 153 Å². The molecule has 0 fully saturated rings. The Hall–Kier alpha value is -3.46. The molecular formula is C41H48BO2PtS-. The number of carbonyl (C=O) groups is 2. The van der Waals surface area contributed by atoms with Crippen LogP contribution in [0.4, 0.5) is 0 Å². The van der Waals surface area contributed by atoms with E-state index in [9.17, 15) is 4.79 Å². The first-order valence-corrected chi connectivity index (χ1v) is 15.7. The minimum atomic E-state index is 0. The van der Waals surface area contributed by atoms with E-state index in [0.717, 1.165) is 41.3 Å². The molecule has 0 unspecified atom stereocenters. The first-order chi connectivity index (χ1) is 21.7. The Bertz CT molecular complexity index is 1480. The van der Waals surface area contributed by atoms with Crippen LogP contribution in [0.15, 0.2) is 110 Å². The summed E-state index contributed by atoms with van der Waals surface area (Å²) in [6.07, 6.45) is 8.82. The number of aldehydes is 1. The number of allylic oxidation sites excluding steroid dienone is 2. The van der Waals surface area contributed by atoms with E-state index in [1.165, 1.54) is 39.0 Å². The summed E-state index contributed by atoms with van der Waals surface area (Å²) in [6.45, 7) is 21.5. The van der Waals surface area contributed by atoms with E-state index in [0.29, 0.717) is 5.75 Å². The standard InChI is InChI=1S/C24H23BS.C8H8O.C6H10.C2H6.CH2O.Pt/c1-3-18-4-10-21(24(25)15-18)11-7-19-5-8-20(9-6-19)22-12-13-23(16-26)17(2)14-22;1-7-2-4-8(6-9)5-3-7;1-4-5-6(2)3;2*1-2;/h4-15,26H,3,16H2,1-2H3;2-6H,1H3;4H,1-2,5H2,3H3;1-2H3;1H2;/p-1/b11-7+;;;;;. The molecule has 0 saturated heterocycles. The molecule has 2 nitrogen and oxygen atoms in total. The van der Waals surface area contributed by atoms with Gasteiger partial charge in [0.1, 0.15) is 20.9 Å². The molecule has 0 aliphatic rings. The van der Waals surface area contributed by atoms with Crippen molar-refractivity contribution in [3.8, 4) is 11.1 Å². The molecule has 46 heavy (non-hydrogen) atoms. The Kier molecular flexibility index (Phi) is 26.0. The minimum absolute atomic E-state index is 0. The third-order valence-corrected chi connectivity index (χ3v) is 6.77. The van der Waals surface area contributed by atoms with Crippen LogP contribution in [0, 0.1) is 13.8 Å². The Morgan fingerprint density at radius 2 is 1.39 bits per heavy atom. The van der Waals surface area contributed by atoms with E-state index < -0.39 is 0 Å². The molecule has 244 valence electrons. The van der Waals surface area contributed by atoms with E-state index in [2.05, 4.69) is 99.8 Å². The molecule has 0 spiro atoms. The molecule has 0 aromatic heterocycles. The Labute approximate surface area is 300 Å². The average Bonchev–Trinajstić information content (AvgIpc) is 3.07. The fourth-order valence-electron chi connectivity index (χ4n) is 3.90. The second-order valence-corrected chi connectivity index (χ2v) is 10.3. The van der Waals surface area contributed by atoms with Gasteiger partial charge < -0.3 is 17.4 Å². The second-order valence-electron chi connectivity index (χ2n) is 10.0. The summed E-state index contributed by atoms with van der Waals surface area (Å²) in [5.74, 6) is 0.665. The molecule has 0 heterocycles. The van der Waals surface area contributed by atoms with Gasteiger partial charge in [0.2, 0.25) is 0 Å². The summed E-state index contributed by atoms with van der Waals surface area (Å²) in [7, 11) is 6.14. The van der Waals surface area contributed by atoms with Crippen molar-refractivity contribution in [1.82, 2.24) is 0 Å². The van der Waals surface area contributed by atoms with Gasteiger partial charge >= 0.3 is 0 Å². The molecule has 4 aromatic carbocycles. The number of hydrogen-bond donors (Lipinski definition) is 0. The summed E-state index contributed by atoms with van der Waals surface area (Å²) in [6, 6.07) is 28.8. The zero-order valence-electron chi connectivity index (χ0n) is 28.3. The van der Waals surface area contributed by atoms with Crippen LogP contribution in [0.3, 0.4) is 0 Å². The third-order valence-electron chi connectivity index (χ3n) is 6.46. The molecule has 4 rings (SSSR count). The molecule has 0 N–H and O–H groups in total. The van der Waals surface area contributed by atoms with Gasteiger partial charge in [0.05, 0.1) is 0 Å². The maximum Gasteiger partial charge on any atom is 0.150 e. The van der Waals surface area contributed by atoms with E-state index in [1.807, 2.05) is 64.8 Å². The normalized spacial score (nSPS) is 9.28. The van der Waals surface area contributed by atoms with Gasteiger partial charge in [-0.25, -0.2) is 0 Å². The first kappa shape index (κ1) is 44.7. The third kappa shape index (κ3) is 17.3. The number of hydrogen-bond acceptors (Lipinski definition) is 3. The predicted molar refractivity (Wildman–Crippen MR) is 202 cm³/mol. The summed E-state index contributed by atoms with van der Waals surface area (Å²) in [4.78, 5) is 18.1. The average molecular weight is 811 g/mol. The largest absolute Gasteiger partial charge is 0.788 e. The van der Waals surface area contributed by atoms with Crippen molar-refractivity contribution in [3.63, 3.8) is 0 Å². The van der Waals surface area contributed by atoms with Crippen LogP contribution >= 0.6 is 0 Å². The molecule has 0 aliphatic heterocycles. The molecule has 0 aliphatic carbocycles. The predicted octanol–water partition coefficient (Wildman–Crippen LogP) is 10.0. The second kappa shape index (κ2) is 26.7. The van der Waals surface area contributed by atoms with Crippen LogP contribution in [0.5, 0.6) is 0 Å². The van der Waals surface area contributed by atoms with Gasteiger partial charge in [0.15, 0.2) is 0 Å². The zero-order chi connectivity index (χ0) is 34.2. The van der Waals surface area contributed by atoms with Crippen LogP contribution in [-0.4, -0.2) is 20.9 Å². The molecular weight excluding hydrogens is 762 g/mol. The maximum absolute atomic E-state index is 10.1. The van der Waals surface area contributed by atoms with Gasteiger partial charge in [0, 0.05) is 26.6 Å². The summed E-state index contributed by atoms with van der Waals surface area (Å²) in [5, 5.41) is 0. The fourth-order valence-corrected chi connectivity index (χ4v) is 4.22. The first-order valence-electron chi connectivity index (χ1n) is 15.1. The van der Waals surface area contributed by atoms with Gasteiger partial charge in [0.25, 0.3) is 0 Å². The van der Waals surface area contributed by atoms with Crippen LogP contribution in [0.25, 0.3) is 23.3 Å². The van der Waals surface area contributed by atoms with E-state index in [1.54, 1.807) is 0 Å².